The Morgan fingerprint density at radius 2 is 2.50 bits per heavy atom. The molecule has 14 heavy (non-hydrogen) atoms. The summed E-state index contributed by atoms with van der Waals surface area (Å²) in [4.78, 5) is 6.62. The zero-order chi connectivity index (χ0) is 9.97. The standard InChI is InChI=1S/C9H14BrN3S/c1-7-2-8(3-10)5-13(4-7)9-11-6-12-14-9/h6-8H,2-5H2,1H3. The summed E-state index contributed by atoms with van der Waals surface area (Å²) in [5.74, 6) is 1.51. The zero-order valence-corrected chi connectivity index (χ0v) is 10.6. The average Bonchev–Trinajstić information content (AvgIpc) is 2.69. The van der Waals surface area contributed by atoms with Gasteiger partial charge in [-0.3, -0.25) is 0 Å². The minimum Gasteiger partial charge on any atom is -0.346 e. The summed E-state index contributed by atoms with van der Waals surface area (Å²) in [7, 11) is 0. The summed E-state index contributed by atoms with van der Waals surface area (Å²) in [5.41, 5.74) is 0. The molecule has 0 N–H and O–H groups in total. The Kier molecular flexibility index (Phi) is 3.38. The summed E-state index contributed by atoms with van der Waals surface area (Å²) in [6.45, 7) is 4.55. The molecule has 1 aliphatic rings. The third-order valence-corrected chi connectivity index (χ3v) is 4.23. The molecule has 0 radical (unpaired) electrons. The van der Waals surface area contributed by atoms with Gasteiger partial charge in [0, 0.05) is 30.0 Å². The van der Waals surface area contributed by atoms with Gasteiger partial charge in [0.05, 0.1) is 0 Å². The van der Waals surface area contributed by atoms with Crippen molar-refractivity contribution in [2.24, 2.45) is 11.8 Å². The first-order chi connectivity index (χ1) is 6.79. The first-order valence-electron chi connectivity index (χ1n) is 4.87. The van der Waals surface area contributed by atoms with Gasteiger partial charge in [-0.15, -0.1) is 0 Å². The second-order valence-corrected chi connectivity index (χ2v) is 5.40. The molecule has 2 rings (SSSR count). The van der Waals surface area contributed by atoms with Crippen molar-refractivity contribution in [3.63, 3.8) is 0 Å². The molecule has 0 spiro atoms. The Labute approximate surface area is 96.8 Å². The van der Waals surface area contributed by atoms with Crippen molar-refractivity contribution in [2.75, 3.05) is 23.3 Å². The molecule has 0 bridgehead atoms. The fraction of sp³-hybridized carbons (Fsp3) is 0.778. The fourth-order valence-corrected chi connectivity index (χ4v) is 3.07. The summed E-state index contributed by atoms with van der Waals surface area (Å²) in [6.07, 6.45) is 2.96. The van der Waals surface area contributed by atoms with Gasteiger partial charge in [0.25, 0.3) is 0 Å². The number of hydrogen-bond acceptors (Lipinski definition) is 4. The van der Waals surface area contributed by atoms with E-state index in [-0.39, 0.29) is 0 Å². The largest absolute Gasteiger partial charge is 0.346 e. The maximum absolute atomic E-state index is 4.26. The van der Waals surface area contributed by atoms with Crippen LogP contribution in [0.4, 0.5) is 5.13 Å². The third kappa shape index (κ3) is 2.25. The molecule has 1 saturated heterocycles. The molecule has 5 heteroatoms. The molecular formula is C9H14BrN3S. The van der Waals surface area contributed by atoms with Crippen molar-refractivity contribution in [2.45, 2.75) is 13.3 Å². The van der Waals surface area contributed by atoms with Gasteiger partial charge >= 0.3 is 0 Å². The highest BCUT2D eigenvalue weighted by molar-refractivity contribution is 9.09. The second kappa shape index (κ2) is 4.57. The lowest BCUT2D eigenvalue weighted by atomic mass is 9.92. The van der Waals surface area contributed by atoms with Crippen LogP contribution in [-0.4, -0.2) is 27.8 Å². The number of alkyl halides is 1. The van der Waals surface area contributed by atoms with E-state index in [1.807, 2.05) is 0 Å². The van der Waals surface area contributed by atoms with Gasteiger partial charge in [0.1, 0.15) is 6.33 Å². The topological polar surface area (TPSA) is 29.0 Å². The van der Waals surface area contributed by atoms with Crippen molar-refractivity contribution in [3.05, 3.63) is 6.33 Å². The van der Waals surface area contributed by atoms with Crippen molar-refractivity contribution in [1.82, 2.24) is 9.36 Å². The van der Waals surface area contributed by atoms with E-state index in [9.17, 15) is 0 Å². The van der Waals surface area contributed by atoms with Gasteiger partial charge in [-0.25, -0.2) is 4.98 Å². The molecule has 1 fully saturated rings. The molecule has 3 nitrogen and oxygen atoms in total. The van der Waals surface area contributed by atoms with E-state index in [0.717, 1.165) is 35.4 Å². The maximum Gasteiger partial charge on any atom is 0.204 e. The van der Waals surface area contributed by atoms with E-state index < -0.39 is 0 Å². The normalized spacial score (nSPS) is 28.0. The van der Waals surface area contributed by atoms with Crippen LogP contribution in [0.3, 0.4) is 0 Å². The van der Waals surface area contributed by atoms with E-state index in [2.05, 4.69) is 37.1 Å². The van der Waals surface area contributed by atoms with Crippen LogP contribution in [0.1, 0.15) is 13.3 Å². The summed E-state index contributed by atoms with van der Waals surface area (Å²) in [6, 6.07) is 0. The monoisotopic (exact) mass is 275 g/mol. The van der Waals surface area contributed by atoms with Gasteiger partial charge in [-0.1, -0.05) is 22.9 Å². The van der Waals surface area contributed by atoms with Gasteiger partial charge in [0.15, 0.2) is 0 Å². The lowest BCUT2D eigenvalue weighted by molar-refractivity contribution is 0.362. The quantitative estimate of drug-likeness (QED) is 0.777. The first kappa shape index (κ1) is 10.4. The van der Waals surface area contributed by atoms with Gasteiger partial charge in [-0.05, 0) is 18.3 Å². The van der Waals surface area contributed by atoms with Crippen molar-refractivity contribution >= 4 is 32.6 Å². The molecule has 1 aromatic heterocycles. The minimum atomic E-state index is 0.752. The Bertz CT molecular complexity index is 278. The molecule has 2 atom stereocenters. The van der Waals surface area contributed by atoms with Crippen LogP contribution in [0.2, 0.25) is 0 Å². The maximum atomic E-state index is 4.26. The number of piperidine rings is 1. The highest BCUT2D eigenvalue weighted by Gasteiger charge is 2.25. The molecule has 0 saturated carbocycles. The number of halogens is 1. The number of aromatic nitrogens is 2. The van der Waals surface area contributed by atoms with E-state index in [1.54, 1.807) is 6.33 Å². The van der Waals surface area contributed by atoms with E-state index >= 15 is 0 Å². The molecule has 1 aromatic rings. The van der Waals surface area contributed by atoms with E-state index in [0.29, 0.717) is 0 Å². The Morgan fingerprint density at radius 3 is 3.14 bits per heavy atom. The lowest BCUT2D eigenvalue weighted by Crippen LogP contribution is -2.40. The van der Waals surface area contributed by atoms with E-state index in [4.69, 9.17) is 0 Å². The molecule has 78 valence electrons. The number of anilines is 1. The van der Waals surface area contributed by atoms with Gasteiger partial charge < -0.3 is 4.90 Å². The average molecular weight is 276 g/mol. The molecule has 2 heterocycles. The SMILES string of the molecule is CC1CC(CBr)CN(c2ncns2)C1. The van der Waals surface area contributed by atoms with Crippen LogP contribution in [0, 0.1) is 11.8 Å². The highest BCUT2D eigenvalue weighted by Crippen LogP contribution is 2.27. The molecule has 0 amide bonds. The predicted octanol–water partition coefficient (Wildman–Crippen LogP) is 2.40. The van der Waals surface area contributed by atoms with Gasteiger partial charge in [0.2, 0.25) is 5.13 Å². The molecule has 1 aliphatic heterocycles. The zero-order valence-electron chi connectivity index (χ0n) is 8.19. The molecule has 0 aromatic carbocycles. The van der Waals surface area contributed by atoms with Crippen LogP contribution in [-0.2, 0) is 0 Å². The number of rotatable bonds is 2. The number of nitrogens with zero attached hydrogens (tertiary/aromatic N) is 3. The smallest absolute Gasteiger partial charge is 0.204 e. The van der Waals surface area contributed by atoms with E-state index in [1.165, 1.54) is 18.0 Å². The van der Waals surface area contributed by atoms with Crippen LogP contribution in [0.25, 0.3) is 0 Å². The third-order valence-electron chi connectivity index (χ3n) is 2.58. The molecule has 0 aliphatic carbocycles. The second-order valence-electron chi connectivity index (χ2n) is 3.99. The Balaban J connectivity index is 2.05. The minimum absolute atomic E-state index is 0.752. The van der Waals surface area contributed by atoms with Crippen LogP contribution >= 0.6 is 27.5 Å². The van der Waals surface area contributed by atoms with Crippen LogP contribution in [0.15, 0.2) is 6.33 Å². The Hall–Kier alpha value is -0.160. The van der Waals surface area contributed by atoms with Crippen LogP contribution < -0.4 is 4.90 Å². The van der Waals surface area contributed by atoms with Crippen molar-refractivity contribution < 1.29 is 0 Å². The molecular weight excluding hydrogens is 262 g/mol. The fourth-order valence-electron chi connectivity index (χ4n) is 2.06. The van der Waals surface area contributed by atoms with Crippen molar-refractivity contribution in [3.8, 4) is 0 Å². The lowest BCUT2D eigenvalue weighted by Gasteiger charge is -2.35. The molecule has 2 unspecified atom stereocenters. The summed E-state index contributed by atoms with van der Waals surface area (Å²) >= 11 is 5.06. The summed E-state index contributed by atoms with van der Waals surface area (Å²) in [5, 5.41) is 2.16. The number of hydrogen-bond donors (Lipinski definition) is 0. The summed E-state index contributed by atoms with van der Waals surface area (Å²) < 4.78 is 4.05. The first-order valence-corrected chi connectivity index (χ1v) is 6.76. The highest BCUT2D eigenvalue weighted by atomic mass is 79.9. The predicted molar refractivity (Wildman–Crippen MR) is 63.2 cm³/mol. The van der Waals surface area contributed by atoms with Crippen molar-refractivity contribution in [1.29, 1.82) is 0 Å². The van der Waals surface area contributed by atoms with Crippen LogP contribution in [0.5, 0.6) is 0 Å². The Morgan fingerprint density at radius 1 is 1.64 bits per heavy atom. The van der Waals surface area contributed by atoms with Gasteiger partial charge in [-0.2, -0.15) is 4.37 Å².